The molecule has 0 saturated carbocycles. The molecule has 0 aromatic rings. The molecule has 0 heterocycles. The van der Waals surface area contributed by atoms with Crippen molar-refractivity contribution in [3.63, 3.8) is 0 Å². The maximum Gasteiger partial charge on any atom is 0.332 e. The van der Waals surface area contributed by atoms with E-state index in [0.717, 1.165) is 12.2 Å². The Hall–Kier alpha value is -1.32. The number of amides is 1. The quantitative estimate of drug-likeness (QED) is 0.310. The van der Waals surface area contributed by atoms with Crippen LogP contribution in [0, 0.1) is 0 Å². The van der Waals surface area contributed by atoms with E-state index in [2.05, 4.69) is 12.2 Å². The summed E-state index contributed by atoms with van der Waals surface area (Å²) in [5.41, 5.74) is -2.13. The zero-order chi connectivity index (χ0) is 24.1. The predicted octanol–water partition coefficient (Wildman–Crippen LogP) is 3.11. The van der Waals surface area contributed by atoms with Gasteiger partial charge in [0.15, 0.2) is 0 Å². The lowest BCUT2D eigenvalue weighted by atomic mass is 10.1. The van der Waals surface area contributed by atoms with Crippen LogP contribution in [-0.2, 0) is 33.3 Å². The van der Waals surface area contributed by atoms with Crippen LogP contribution in [0.1, 0.15) is 68.2 Å². The van der Waals surface area contributed by atoms with Gasteiger partial charge in [-0.1, -0.05) is 6.92 Å². The normalized spacial score (nSPS) is 12.4. The monoisotopic (exact) mass is 463 g/mol. The average Bonchev–Trinajstić information content (AvgIpc) is 2.55. The molecule has 0 aromatic carbocycles. The van der Waals surface area contributed by atoms with Crippen molar-refractivity contribution in [3.05, 3.63) is 0 Å². The fourth-order valence-corrected chi connectivity index (χ4v) is 3.21. The van der Waals surface area contributed by atoms with Crippen molar-refractivity contribution < 1.29 is 33.3 Å². The number of nitrogens with one attached hydrogen (secondary N) is 1. The van der Waals surface area contributed by atoms with E-state index in [4.69, 9.17) is 18.9 Å². The molecule has 0 rings (SSSR count). The standard InChI is InChI=1S/C22H41NO7S/c1-9-11-31-12-10-17(24)23-22(8,15-27-13-18(25)29-20(2,3)4)16-28-14-19(26)30-21(5,6)7/h9-16H2,1-8H3,(H,23,24). The molecule has 0 radical (unpaired) electrons. The summed E-state index contributed by atoms with van der Waals surface area (Å²) in [6, 6.07) is 0. The lowest BCUT2D eigenvalue weighted by Crippen LogP contribution is -2.53. The third kappa shape index (κ3) is 18.0. The van der Waals surface area contributed by atoms with Crippen molar-refractivity contribution in [3.8, 4) is 0 Å². The van der Waals surface area contributed by atoms with Gasteiger partial charge in [0, 0.05) is 12.2 Å². The highest BCUT2D eigenvalue weighted by atomic mass is 32.2. The first-order valence-corrected chi connectivity index (χ1v) is 11.8. The molecule has 31 heavy (non-hydrogen) atoms. The van der Waals surface area contributed by atoms with E-state index in [1.165, 1.54) is 0 Å². The van der Waals surface area contributed by atoms with Gasteiger partial charge in [-0.05, 0) is 60.6 Å². The molecule has 0 aliphatic rings. The zero-order valence-corrected chi connectivity index (χ0v) is 21.2. The Morgan fingerprint density at radius 1 is 0.774 bits per heavy atom. The van der Waals surface area contributed by atoms with E-state index in [9.17, 15) is 14.4 Å². The minimum Gasteiger partial charge on any atom is -0.458 e. The summed E-state index contributed by atoms with van der Waals surface area (Å²) in [5, 5.41) is 2.91. The van der Waals surface area contributed by atoms with Crippen molar-refractivity contribution in [1.82, 2.24) is 5.32 Å². The molecule has 0 bridgehead atoms. The van der Waals surface area contributed by atoms with Gasteiger partial charge < -0.3 is 24.3 Å². The summed E-state index contributed by atoms with van der Waals surface area (Å²) in [6.45, 7) is 14.0. The third-order valence-corrected chi connectivity index (χ3v) is 4.57. The maximum absolute atomic E-state index is 12.4. The molecular formula is C22H41NO7S. The molecule has 0 atom stereocenters. The van der Waals surface area contributed by atoms with E-state index >= 15 is 0 Å². The minimum absolute atomic E-state index is 0.0222. The van der Waals surface area contributed by atoms with Crippen LogP contribution in [0.25, 0.3) is 0 Å². The molecule has 0 aromatic heterocycles. The number of ether oxygens (including phenoxy) is 4. The first kappa shape index (κ1) is 29.7. The van der Waals surface area contributed by atoms with Crippen molar-refractivity contribution in [1.29, 1.82) is 0 Å². The van der Waals surface area contributed by atoms with Gasteiger partial charge in [-0.25, -0.2) is 9.59 Å². The third-order valence-electron chi connectivity index (χ3n) is 3.38. The van der Waals surface area contributed by atoms with Crippen LogP contribution in [0.5, 0.6) is 0 Å². The first-order chi connectivity index (χ1) is 14.2. The number of carbonyl (C=O) groups is 3. The summed E-state index contributed by atoms with van der Waals surface area (Å²) >= 11 is 1.72. The highest BCUT2D eigenvalue weighted by molar-refractivity contribution is 7.99. The van der Waals surface area contributed by atoms with Crippen LogP contribution in [0.3, 0.4) is 0 Å². The van der Waals surface area contributed by atoms with Crippen molar-refractivity contribution in [2.75, 3.05) is 37.9 Å². The van der Waals surface area contributed by atoms with Crippen LogP contribution >= 0.6 is 11.8 Å². The lowest BCUT2D eigenvalue weighted by Gasteiger charge is -2.30. The minimum atomic E-state index is -0.920. The van der Waals surface area contributed by atoms with Crippen molar-refractivity contribution in [2.24, 2.45) is 0 Å². The smallest absolute Gasteiger partial charge is 0.332 e. The fourth-order valence-electron chi connectivity index (χ4n) is 2.39. The summed E-state index contributed by atoms with van der Waals surface area (Å²) in [4.78, 5) is 36.1. The van der Waals surface area contributed by atoms with Gasteiger partial charge >= 0.3 is 11.9 Å². The van der Waals surface area contributed by atoms with Gasteiger partial charge in [-0.2, -0.15) is 11.8 Å². The highest BCUT2D eigenvalue weighted by Crippen LogP contribution is 2.12. The predicted molar refractivity (Wildman–Crippen MR) is 122 cm³/mol. The van der Waals surface area contributed by atoms with Crippen LogP contribution in [0.4, 0.5) is 0 Å². The molecule has 9 heteroatoms. The summed E-state index contributed by atoms with van der Waals surface area (Å²) in [6.07, 6.45) is 1.42. The molecule has 0 aliphatic heterocycles. The number of rotatable bonds is 14. The number of hydrogen-bond acceptors (Lipinski definition) is 8. The summed E-state index contributed by atoms with van der Waals surface area (Å²) < 4.78 is 21.4. The molecule has 1 N–H and O–H groups in total. The Bertz CT molecular complexity index is 533. The Morgan fingerprint density at radius 3 is 1.61 bits per heavy atom. The van der Waals surface area contributed by atoms with E-state index in [1.54, 1.807) is 60.2 Å². The van der Waals surface area contributed by atoms with E-state index in [1.807, 2.05) is 0 Å². The molecular weight excluding hydrogens is 422 g/mol. The maximum atomic E-state index is 12.4. The first-order valence-electron chi connectivity index (χ1n) is 10.6. The van der Waals surface area contributed by atoms with Gasteiger partial charge in [-0.3, -0.25) is 4.79 Å². The Labute approximate surface area is 191 Å². The topological polar surface area (TPSA) is 100 Å². The molecule has 1 amide bonds. The highest BCUT2D eigenvalue weighted by Gasteiger charge is 2.29. The molecule has 8 nitrogen and oxygen atoms in total. The average molecular weight is 464 g/mol. The number of esters is 2. The molecule has 182 valence electrons. The second-order valence-electron chi connectivity index (χ2n) is 9.63. The van der Waals surface area contributed by atoms with Crippen LogP contribution in [0.15, 0.2) is 0 Å². The Morgan fingerprint density at radius 2 is 1.23 bits per heavy atom. The van der Waals surface area contributed by atoms with E-state index < -0.39 is 28.7 Å². The van der Waals surface area contributed by atoms with E-state index in [-0.39, 0.29) is 32.3 Å². The van der Waals surface area contributed by atoms with Gasteiger partial charge in [0.25, 0.3) is 0 Å². The van der Waals surface area contributed by atoms with Crippen LogP contribution in [0.2, 0.25) is 0 Å². The SMILES string of the molecule is CCCSCCC(=O)NC(C)(COCC(=O)OC(C)(C)C)COCC(=O)OC(C)(C)C. The lowest BCUT2D eigenvalue weighted by molar-refractivity contribution is -0.162. The van der Waals surface area contributed by atoms with E-state index in [0.29, 0.717) is 12.2 Å². The number of thioether (sulfide) groups is 1. The number of hydrogen-bond donors (Lipinski definition) is 1. The van der Waals surface area contributed by atoms with Gasteiger partial charge in [0.1, 0.15) is 24.4 Å². The molecule has 0 spiro atoms. The number of carbonyl (C=O) groups excluding carboxylic acids is 3. The van der Waals surface area contributed by atoms with Crippen molar-refractivity contribution in [2.45, 2.75) is 85.0 Å². The van der Waals surface area contributed by atoms with Crippen LogP contribution in [-0.4, -0.2) is 72.5 Å². The Kier molecular flexibility index (Phi) is 13.4. The summed E-state index contributed by atoms with van der Waals surface area (Å²) in [7, 11) is 0. The summed E-state index contributed by atoms with van der Waals surface area (Å²) in [5.74, 6) is 0.585. The molecule has 0 aliphatic carbocycles. The second kappa shape index (κ2) is 14.0. The Balaban J connectivity index is 4.76. The van der Waals surface area contributed by atoms with Gasteiger partial charge in [-0.15, -0.1) is 0 Å². The zero-order valence-electron chi connectivity index (χ0n) is 20.4. The fraction of sp³-hybridized carbons (Fsp3) is 0.864. The molecule has 0 saturated heterocycles. The largest absolute Gasteiger partial charge is 0.458 e. The molecule has 0 unspecified atom stereocenters. The molecule has 0 fully saturated rings. The van der Waals surface area contributed by atoms with Crippen LogP contribution < -0.4 is 5.32 Å². The van der Waals surface area contributed by atoms with Gasteiger partial charge in [0.2, 0.25) is 5.91 Å². The van der Waals surface area contributed by atoms with Crippen molar-refractivity contribution >= 4 is 29.6 Å². The second-order valence-corrected chi connectivity index (χ2v) is 10.9. The van der Waals surface area contributed by atoms with Gasteiger partial charge in [0.05, 0.1) is 18.8 Å².